The topological polar surface area (TPSA) is 47.2 Å². The van der Waals surface area contributed by atoms with E-state index in [-0.39, 0.29) is 17.0 Å². The first-order valence-electron chi connectivity index (χ1n) is 6.93. The number of carbonyl (C=O) groups is 1. The molecule has 1 aliphatic rings. The standard InChI is InChI=1S/C15H13ClF2N2O2S/c1-19-10(5-12(21)22)11-4-7(6-20(11)15(19)23)13-9(17)3-2-8(16)14(13)18/h2-3,7H,4-6H2,1H3,(H,21,22). The van der Waals surface area contributed by atoms with Crippen molar-refractivity contribution in [2.24, 2.45) is 7.05 Å². The maximum atomic E-state index is 14.2. The van der Waals surface area contributed by atoms with E-state index in [0.29, 0.717) is 29.1 Å². The monoisotopic (exact) mass is 358 g/mol. The molecule has 2 heterocycles. The number of nitrogens with zero attached hydrogens (tertiary/aromatic N) is 2. The Balaban J connectivity index is 2.05. The average Bonchev–Trinajstić information content (AvgIpc) is 2.99. The summed E-state index contributed by atoms with van der Waals surface area (Å²) < 4.78 is 32.1. The molecule has 1 aromatic carbocycles. The van der Waals surface area contributed by atoms with Crippen LogP contribution in [0.25, 0.3) is 0 Å². The van der Waals surface area contributed by atoms with Gasteiger partial charge in [0.1, 0.15) is 11.6 Å². The molecule has 0 saturated heterocycles. The lowest BCUT2D eigenvalue weighted by atomic mass is 9.95. The lowest BCUT2D eigenvalue weighted by Crippen LogP contribution is -2.11. The predicted octanol–water partition coefficient (Wildman–Crippen LogP) is 3.45. The van der Waals surface area contributed by atoms with Gasteiger partial charge < -0.3 is 14.2 Å². The van der Waals surface area contributed by atoms with Crippen LogP contribution < -0.4 is 0 Å². The van der Waals surface area contributed by atoms with Crippen LogP contribution >= 0.6 is 23.8 Å². The van der Waals surface area contributed by atoms with Crippen molar-refractivity contribution in [3.8, 4) is 0 Å². The van der Waals surface area contributed by atoms with E-state index in [9.17, 15) is 13.6 Å². The predicted molar refractivity (Wildman–Crippen MR) is 83.4 cm³/mol. The summed E-state index contributed by atoms with van der Waals surface area (Å²) >= 11 is 11.1. The summed E-state index contributed by atoms with van der Waals surface area (Å²) in [6, 6.07) is 2.32. The maximum Gasteiger partial charge on any atom is 0.309 e. The van der Waals surface area contributed by atoms with Gasteiger partial charge in [-0.2, -0.15) is 0 Å². The van der Waals surface area contributed by atoms with Crippen LogP contribution in [0.3, 0.4) is 0 Å². The Labute approximate surface area is 140 Å². The van der Waals surface area contributed by atoms with Gasteiger partial charge in [-0.1, -0.05) is 11.6 Å². The van der Waals surface area contributed by atoms with Crippen LogP contribution in [-0.4, -0.2) is 20.2 Å². The zero-order chi connectivity index (χ0) is 16.9. The summed E-state index contributed by atoms with van der Waals surface area (Å²) in [6.45, 7) is 0.301. The van der Waals surface area contributed by atoms with Crippen LogP contribution in [0.5, 0.6) is 0 Å². The summed E-state index contributed by atoms with van der Waals surface area (Å²) in [5.74, 6) is -2.86. The molecule has 1 unspecified atom stereocenters. The van der Waals surface area contributed by atoms with Gasteiger partial charge >= 0.3 is 5.97 Å². The molecule has 1 atom stereocenters. The fraction of sp³-hybridized carbons (Fsp3) is 0.333. The number of aliphatic carboxylic acids is 1. The van der Waals surface area contributed by atoms with E-state index < -0.39 is 23.5 Å². The first-order chi connectivity index (χ1) is 10.8. The SMILES string of the molecule is Cn1c(CC(=O)O)c2n(c1=S)CC(c1c(F)ccc(Cl)c1F)C2. The molecular formula is C15H13ClF2N2O2S. The van der Waals surface area contributed by atoms with Crippen LogP contribution in [0.2, 0.25) is 5.02 Å². The molecule has 1 aliphatic heterocycles. The van der Waals surface area contributed by atoms with Crippen LogP contribution in [0.15, 0.2) is 12.1 Å². The highest BCUT2D eigenvalue weighted by Crippen LogP contribution is 2.37. The average molecular weight is 359 g/mol. The molecule has 0 bridgehead atoms. The molecule has 0 spiro atoms. The van der Waals surface area contributed by atoms with Gasteiger partial charge in [-0.3, -0.25) is 4.79 Å². The van der Waals surface area contributed by atoms with Crippen molar-refractivity contribution >= 4 is 29.8 Å². The highest BCUT2D eigenvalue weighted by Gasteiger charge is 2.32. The van der Waals surface area contributed by atoms with Gasteiger partial charge in [-0.05, 0) is 30.8 Å². The van der Waals surface area contributed by atoms with Gasteiger partial charge in [0.05, 0.1) is 17.1 Å². The lowest BCUT2D eigenvalue weighted by Gasteiger charge is -2.13. The molecule has 0 saturated carbocycles. The summed E-state index contributed by atoms with van der Waals surface area (Å²) in [4.78, 5) is 11.0. The maximum absolute atomic E-state index is 14.2. The van der Waals surface area contributed by atoms with Crippen LogP contribution in [0, 0.1) is 16.4 Å². The van der Waals surface area contributed by atoms with Crippen LogP contribution in [0.4, 0.5) is 8.78 Å². The van der Waals surface area contributed by atoms with Gasteiger partial charge in [0.25, 0.3) is 0 Å². The summed E-state index contributed by atoms with van der Waals surface area (Å²) in [6.07, 6.45) is 0.136. The Kier molecular flexibility index (Phi) is 4.01. The number of halogens is 3. The van der Waals surface area contributed by atoms with E-state index in [1.165, 1.54) is 6.07 Å². The minimum Gasteiger partial charge on any atom is -0.481 e. The molecule has 0 aliphatic carbocycles. The molecule has 122 valence electrons. The fourth-order valence-electron chi connectivity index (χ4n) is 3.17. The van der Waals surface area contributed by atoms with Crippen molar-refractivity contribution in [1.82, 2.24) is 9.13 Å². The van der Waals surface area contributed by atoms with Gasteiger partial charge in [0.15, 0.2) is 4.77 Å². The minimum atomic E-state index is -0.979. The zero-order valence-electron chi connectivity index (χ0n) is 12.1. The summed E-state index contributed by atoms with van der Waals surface area (Å²) in [7, 11) is 1.70. The Bertz CT molecular complexity index is 875. The third-order valence-electron chi connectivity index (χ3n) is 4.23. The third kappa shape index (κ3) is 2.57. The van der Waals surface area contributed by atoms with Gasteiger partial charge in [0.2, 0.25) is 0 Å². The summed E-state index contributed by atoms with van der Waals surface area (Å²) in [5, 5.41) is 8.91. The van der Waals surface area contributed by atoms with E-state index >= 15 is 0 Å². The molecule has 0 fully saturated rings. The normalized spacial score (nSPS) is 16.6. The Hall–Kier alpha value is -1.73. The lowest BCUT2D eigenvalue weighted by molar-refractivity contribution is -0.136. The highest BCUT2D eigenvalue weighted by molar-refractivity contribution is 7.71. The smallest absolute Gasteiger partial charge is 0.309 e. The molecule has 23 heavy (non-hydrogen) atoms. The second kappa shape index (κ2) is 5.72. The number of hydrogen-bond acceptors (Lipinski definition) is 2. The number of imidazole rings is 1. The van der Waals surface area contributed by atoms with E-state index in [0.717, 1.165) is 6.07 Å². The van der Waals surface area contributed by atoms with Crippen molar-refractivity contribution in [3.63, 3.8) is 0 Å². The second-order valence-electron chi connectivity index (χ2n) is 5.57. The molecule has 3 rings (SSSR count). The number of carboxylic acid groups (broad SMARTS) is 1. The van der Waals surface area contributed by atoms with E-state index in [2.05, 4.69) is 0 Å². The van der Waals surface area contributed by atoms with Crippen molar-refractivity contribution < 1.29 is 18.7 Å². The van der Waals surface area contributed by atoms with E-state index in [1.54, 1.807) is 16.2 Å². The molecule has 2 aromatic rings. The Morgan fingerprint density at radius 2 is 2.17 bits per heavy atom. The number of carboxylic acids is 1. The van der Waals surface area contributed by atoms with Gasteiger partial charge in [-0.25, -0.2) is 8.78 Å². The quantitative estimate of drug-likeness (QED) is 0.675. The minimum absolute atomic E-state index is 0.0699. The summed E-state index contributed by atoms with van der Waals surface area (Å²) in [5.41, 5.74) is 1.20. The number of aromatic nitrogens is 2. The number of fused-ring (bicyclic) bond motifs is 1. The van der Waals surface area contributed by atoms with Crippen molar-refractivity contribution in [1.29, 1.82) is 0 Å². The molecule has 1 aromatic heterocycles. The first kappa shape index (κ1) is 16.1. The van der Waals surface area contributed by atoms with Crippen LogP contribution in [-0.2, 0) is 31.2 Å². The molecular weight excluding hydrogens is 346 g/mol. The zero-order valence-corrected chi connectivity index (χ0v) is 13.7. The molecule has 4 nitrogen and oxygen atoms in total. The second-order valence-corrected chi connectivity index (χ2v) is 6.35. The van der Waals surface area contributed by atoms with Gasteiger partial charge in [-0.15, -0.1) is 0 Å². The van der Waals surface area contributed by atoms with E-state index in [4.69, 9.17) is 28.9 Å². The van der Waals surface area contributed by atoms with E-state index in [1.807, 2.05) is 0 Å². The Morgan fingerprint density at radius 1 is 1.48 bits per heavy atom. The number of rotatable bonds is 3. The molecule has 0 radical (unpaired) electrons. The largest absolute Gasteiger partial charge is 0.481 e. The third-order valence-corrected chi connectivity index (χ3v) is 5.02. The van der Waals surface area contributed by atoms with Gasteiger partial charge in [0, 0.05) is 30.8 Å². The first-order valence-corrected chi connectivity index (χ1v) is 7.72. The molecule has 8 heteroatoms. The van der Waals surface area contributed by atoms with Crippen molar-refractivity contribution in [2.45, 2.75) is 25.3 Å². The number of benzene rings is 1. The number of hydrogen-bond donors (Lipinski definition) is 1. The van der Waals surface area contributed by atoms with Crippen molar-refractivity contribution in [2.75, 3.05) is 0 Å². The Morgan fingerprint density at radius 3 is 2.83 bits per heavy atom. The van der Waals surface area contributed by atoms with Crippen molar-refractivity contribution in [3.05, 3.63) is 50.5 Å². The fourth-order valence-corrected chi connectivity index (χ4v) is 3.63. The molecule has 0 amide bonds. The molecule has 1 N–H and O–H groups in total. The van der Waals surface area contributed by atoms with Crippen LogP contribution in [0.1, 0.15) is 22.9 Å². The highest BCUT2D eigenvalue weighted by atomic mass is 35.5.